The molecule has 1 aliphatic rings. The van der Waals surface area contributed by atoms with E-state index in [2.05, 4.69) is 19.2 Å². The van der Waals surface area contributed by atoms with Crippen LogP contribution in [0.15, 0.2) is 18.2 Å². The lowest BCUT2D eigenvalue weighted by Crippen LogP contribution is -2.23. The fourth-order valence-corrected chi connectivity index (χ4v) is 2.70. The average molecular weight is 279 g/mol. The van der Waals surface area contributed by atoms with Crippen LogP contribution in [0.5, 0.6) is 5.75 Å². The largest absolute Gasteiger partial charge is 0.493 e. The summed E-state index contributed by atoms with van der Waals surface area (Å²) in [5.41, 5.74) is 0.912. The van der Waals surface area contributed by atoms with Gasteiger partial charge in [-0.25, -0.2) is 4.39 Å². The van der Waals surface area contributed by atoms with Crippen LogP contribution in [0.4, 0.5) is 4.39 Å². The lowest BCUT2D eigenvalue weighted by molar-refractivity contribution is 0.207. The number of benzene rings is 1. The topological polar surface area (TPSA) is 21.3 Å². The molecule has 20 heavy (non-hydrogen) atoms. The molecule has 0 aromatic heterocycles. The minimum atomic E-state index is -0.199. The van der Waals surface area contributed by atoms with E-state index in [1.807, 2.05) is 0 Å². The van der Waals surface area contributed by atoms with Crippen molar-refractivity contribution in [3.8, 4) is 5.75 Å². The first-order valence-corrected chi connectivity index (χ1v) is 7.80. The van der Waals surface area contributed by atoms with Gasteiger partial charge in [-0.1, -0.05) is 33.1 Å². The zero-order chi connectivity index (χ0) is 14.4. The third-order valence-electron chi connectivity index (χ3n) is 3.92. The van der Waals surface area contributed by atoms with E-state index < -0.39 is 0 Å². The second-order valence-electron chi connectivity index (χ2n) is 6.10. The molecule has 2 rings (SSSR count). The monoisotopic (exact) mass is 279 g/mol. The van der Waals surface area contributed by atoms with E-state index in [0.717, 1.165) is 17.9 Å². The summed E-state index contributed by atoms with van der Waals surface area (Å²) in [7, 11) is 0. The highest BCUT2D eigenvalue weighted by atomic mass is 19.1. The Balaban J connectivity index is 1.94. The summed E-state index contributed by atoms with van der Waals surface area (Å²) in [6, 6.07) is 5.19. The van der Waals surface area contributed by atoms with E-state index in [0.29, 0.717) is 18.5 Å². The van der Waals surface area contributed by atoms with Crippen molar-refractivity contribution in [2.24, 2.45) is 5.92 Å². The van der Waals surface area contributed by atoms with Crippen molar-refractivity contribution in [2.45, 2.75) is 58.5 Å². The molecule has 0 amide bonds. The molecule has 1 saturated carbocycles. The second kappa shape index (κ2) is 7.63. The molecule has 0 atom stereocenters. The molecule has 112 valence electrons. The molecule has 1 N–H and O–H groups in total. The van der Waals surface area contributed by atoms with Crippen molar-refractivity contribution in [1.29, 1.82) is 0 Å². The Bertz CT molecular complexity index is 413. The molecule has 1 fully saturated rings. The Kier molecular flexibility index (Phi) is 5.84. The molecule has 3 heteroatoms. The number of hydrogen-bond acceptors (Lipinski definition) is 2. The second-order valence-corrected chi connectivity index (χ2v) is 6.10. The summed E-state index contributed by atoms with van der Waals surface area (Å²) in [6.45, 7) is 5.58. The van der Waals surface area contributed by atoms with Crippen LogP contribution in [-0.4, -0.2) is 12.6 Å². The molecule has 1 aliphatic carbocycles. The van der Waals surface area contributed by atoms with Gasteiger partial charge in [0.15, 0.2) is 0 Å². The lowest BCUT2D eigenvalue weighted by atomic mass is 9.90. The van der Waals surface area contributed by atoms with Crippen LogP contribution < -0.4 is 10.1 Å². The van der Waals surface area contributed by atoms with Crippen LogP contribution in [-0.2, 0) is 6.54 Å². The fraction of sp³-hybridized carbons (Fsp3) is 0.647. The summed E-state index contributed by atoms with van der Waals surface area (Å²) < 4.78 is 19.3. The van der Waals surface area contributed by atoms with Crippen LogP contribution in [0.25, 0.3) is 0 Å². The number of nitrogens with one attached hydrogen (secondary N) is 1. The molecule has 0 radical (unpaired) electrons. The molecule has 0 aliphatic heterocycles. The number of rotatable bonds is 6. The predicted octanol–water partition coefficient (Wildman–Crippen LogP) is 4.28. The molecule has 1 aromatic rings. The number of hydrogen-bond donors (Lipinski definition) is 1. The van der Waals surface area contributed by atoms with E-state index in [-0.39, 0.29) is 5.82 Å². The summed E-state index contributed by atoms with van der Waals surface area (Å²) in [5.74, 6) is 1.29. The van der Waals surface area contributed by atoms with Gasteiger partial charge in [0.1, 0.15) is 11.6 Å². The summed E-state index contributed by atoms with van der Waals surface area (Å²) >= 11 is 0. The first-order valence-electron chi connectivity index (χ1n) is 7.80. The standard InChI is InChI=1S/C17H26FNO/c1-13(2)19-11-15-10-16(18)8-9-17(15)20-12-14-6-4-3-5-7-14/h8-10,13-14,19H,3-7,11-12H2,1-2H3. The smallest absolute Gasteiger partial charge is 0.123 e. The van der Waals surface area contributed by atoms with Gasteiger partial charge in [-0.3, -0.25) is 0 Å². The third kappa shape index (κ3) is 4.78. The Morgan fingerprint density at radius 2 is 2.00 bits per heavy atom. The minimum Gasteiger partial charge on any atom is -0.493 e. The highest BCUT2D eigenvalue weighted by Gasteiger charge is 2.15. The van der Waals surface area contributed by atoms with Crippen molar-refractivity contribution >= 4 is 0 Å². The Morgan fingerprint density at radius 1 is 1.25 bits per heavy atom. The zero-order valence-electron chi connectivity index (χ0n) is 12.6. The van der Waals surface area contributed by atoms with Crippen LogP contribution in [0.3, 0.4) is 0 Å². The van der Waals surface area contributed by atoms with Crippen LogP contribution >= 0.6 is 0 Å². The van der Waals surface area contributed by atoms with Crippen LogP contribution in [0.1, 0.15) is 51.5 Å². The van der Waals surface area contributed by atoms with Gasteiger partial charge in [0.05, 0.1) is 6.61 Å². The summed E-state index contributed by atoms with van der Waals surface area (Å²) in [4.78, 5) is 0. The summed E-state index contributed by atoms with van der Waals surface area (Å²) in [5, 5.41) is 3.32. The predicted molar refractivity (Wildman–Crippen MR) is 80.4 cm³/mol. The molecule has 0 heterocycles. The number of ether oxygens (including phenoxy) is 1. The third-order valence-corrected chi connectivity index (χ3v) is 3.92. The van der Waals surface area contributed by atoms with E-state index in [1.54, 1.807) is 12.1 Å². The highest BCUT2D eigenvalue weighted by Crippen LogP contribution is 2.26. The first-order chi connectivity index (χ1) is 9.65. The highest BCUT2D eigenvalue weighted by molar-refractivity contribution is 5.34. The Hall–Kier alpha value is -1.09. The van der Waals surface area contributed by atoms with Gasteiger partial charge in [0, 0.05) is 18.2 Å². The van der Waals surface area contributed by atoms with Gasteiger partial charge in [0.2, 0.25) is 0 Å². The average Bonchev–Trinajstić information content (AvgIpc) is 2.45. The van der Waals surface area contributed by atoms with E-state index >= 15 is 0 Å². The lowest BCUT2D eigenvalue weighted by Gasteiger charge is -2.22. The Morgan fingerprint density at radius 3 is 2.70 bits per heavy atom. The maximum atomic E-state index is 13.4. The maximum absolute atomic E-state index is 13.4. The van der Waals surface area contributed by atoms with Gasteiger partial charge in [0.25, 0.3) is 0 Å². The molecule has 0 unspecified atom stereocenters. The number of halogens is 1. The quantitative estimate of drug-likeness (QED) is 0.839. The molecule has 2 nitrogen and oxygen atoms in total. The van der Waals surface area contributed by atoms with E-state index in [4.69, 9.17) is 4.74 Å². The van der Waals surface area contributed by atoms with Crippen molar-refractivity contribution in [1.82, 2.24) is 5.32 Å². The molecule has 1 aromatic carbocycles. The SMILES string of the molecule is CC(C)NCc1cc(F)ccc1OCC1CCCCC1. The van der Waals surface area contributed by atoms with E-state index in [1.165, 1.54) is 38.2 Å². The normalized spacial score (nSPS) is 16.6. The van der Waals surface area contributed by atoms with Gasteiger partial charge in [-0.15, -0.1) is 0 Å². The van der Waals surface area contributed by atoms with Crippen molar-refractivity contribution in [3.05, 3.63) is 29.6 Å². The van der Waals surface area contributed by atoms with Crippen LogP contribution in [0, 0.1) is 11.7 Å². The fourth-order valence-electron chi connectivity index (χ4n) is 2.70. The van der Waals surface area contributed by atoms with Gasteiger partial charge in [-0.05, 0) is 37.0 Å². The molecular formula is C17H26FNO. The van der Waals surface area contributed by atoms with Crippen molar-refractivity contribution in [3.63, 3.8) is 0 Å². The maximum Gasteiger partial charge on any atom is 0.123 e. The van der Waals surface area contributed by atoms with Gasteiger partial charge in [-0.2, -0.15) is 0 Å². The first kappa shape index (κ1) is 15.3. The Labute approximate surface area is 121 Å². The van der Waals surface area contributed by atoms with E-state index in [9.17, 15) is 4.39 Å². The van der Waals surface area contributed by atoms with Crippen molar-refractivity contribution in [2.75, 3.05) is 6.61 Å². The summed E-state index contributed by atoms with van der Waals surface area (Å²) in [6.07, 6.45) is 6.52. The molecule has 0 spiro atoms. The van der Waals surface area contributed by atoms with Gasteiger partial charge >= 0.3 is 0 Å². The van der Waals surface area contributed by atoms with Crippen LogP contribution in [0.2, 0.25) is 0 Å². The van der Waals surface area contributed by atoms with Gasteiger partial charge < -0.3 is 10.1 Å². The molecule has 0 saturated heterocycles. The molecule has 0 bridgehead atoms. The zero-order valence-corrected chi connectivity index (χ0v) is 12.6. The molecular weight excluding hydrogens is 253 g/mol. The van der Waals surface area contributed by atoms with Crippen molar-refractivity contribution < 1.29 is 9.13 Å². The minimum absolute atomic E-state index is 0.199.